The number of carbonyl (C=O) groups is 1. The topological polar surface area (TPSA) is 96.0 Å². The zero-order valence-corrected chi connectivity index (χ0v) is 18.8. The van der Waals surface area contributed by atoms with Crippen molar-refractivity contribution in [3.63, 3.8) is 0 Å². The van der Waals surface area contributed by atoms with E-state index in [2.05, 4.69) is 25.2 Å². The highest BCUT2D eigenvalue weighted by Crippen LogP contribution is 2.32. The summed E-state index contributed by atoms with van der Waals surface area (Å²) in [6.07, 6.45) is 1.68. The van der Waals surface area contributed by atoms with Gasteiger partial charge in [0.05, 0.1) is 35.5 Å². The maximum Gasteiger partial charge on any atom is 0.341 e. The Labute approximate surface area is 192 Å². The minimum absolute atomic E-state index is 0.317. The molecule has 0 unspecified atom stereocenters. The average Bonchev–Trinajstić information content (AvgIpc) is 3.34. The van der Waals surface area contributed by atoms with E-state index in [1.807, 2.05) is 56.3 Å². The number of fused-ring (bicyclic) bond motifs is 1. The van der Waals surface area contributed by atoms with Crippen molar-refractivity contribution < 1.29 is 9.53 Å². The van der Waals surface area contributed by atoms with E-state index in [1.165, 1.54) is 0 Å². The van der Waals surface area contributed by atoms with Crippen molar-refractivity contribution in [2.75, 3.05) is 37.7 Å². The molecule has 168 valence electrons. The number of benzene rings is 1. The van der Waals surface area contributed by atoms with Gasteiger partial charge in [0.15, 0.2) is 0 Å². The van der Waals surface area contributed by atoms with Gasteiger partial charge in [-0.2, -0.15) is 0 Å². The minimum Gasteiger partial charge on any atom is -0.462 e. The number of ether oxygens (including phenoxy) is 1. The maximum absolute atomic E-state index is 12.8. The van der Waals surface area contributed by atoms with Gasteiger partial charge in [0.25, 0.3) is 0 Å². The SMILES string of the molecule is CCOC(=O)c1cc2cc(-c3nc[nH]c3-c3cccc(C)n3)ccc2nc1N1CCNCC1. The predicted octanol–water partition coefficient (Wildman–Crippen LogP) is 3.58. The van der Waals surface area contributed by atoms with Crippen LogP contribution in [0.15, 0.2) is 48.8 Å². The van der Waals surface area contributed by atoms with Crippen molar-refractivity contribution in [3.05, 3.63) is 60.0 Å². The molecule has 1 aromatic carbocycles. The summed E-state index contributed by atoms with van der Waals surface area (Å²) in [6, 6.07) is 13.8. The van der Waals surface area contributed by atoms with Gasteiger partial charge >= 0.3 is 5.97 Å². The van der Waals surface area contributed by atoms with E-state index in [0.717, 1.165) is 65.4 Å². The molecule has 33 heavy (non-hydrogen) atoms. The molecular weight excluding hydrogens is 416 g/mol. The third-order valence-electron chi connectivity index (χ3n) is 5.76. The zero-order valence-electron chi connectivity index (χ0n) is 18.8. The third-order valence-corrected chi connectivity index (χ3v) is 5.76. The molecule has 1 aliphatic rings. The monoisotopic (exact) mass is 442 g/mol. The fourth-order valence-electron chi connectivity index (χ4n) is 4.18. The predicted molar refractivity (Wildman–Crippen MR) is 128 cm³/mol. The molecule has 0 aliphatic carbocycles. The van der Waals surface area contributed by atoms with E-state index >= 15 is 0 Å². The molecule has 4 aromatic rings. The highest BCUT2D eigenvalue weighted by Gasteiger charge is 2.22. The number of piperazine rings is 1. The molecular formula is C25H26N6O2. The normalized spacial score (nSPS) is 13.9. The molecule has 0 spiro atoms. The lowest BCUT2D eigenvalue weighted by atomic mass is 10.0. The lowest BCUT2D eigenvalue weighted by Gasteiger charge is -2.29. The Kier molecular flexibility index (Phi) is 5.75. The third kappa shape index (κ3) is 4.17. The van der Waals surface area contributed by atoms with Crippen LogP contribution >= 0.6 is 0 Å². The highest BCUT2D eigenvalue weighted by molar-refractivity contribution is 6.00. The van der Waals surface area contributed by atoms with Crippen LogP contribution in [0.5, 0.6) is 0 Å². The molecule has 2 N–H and O–H groups in total. The van der Waals surface area contributed by atoms with Crippen LogP contribution in [-0.4, -0.2) is 58.7 Å². The molecule has 1 saturated heterocycles. The maximum atomic E-state index is 12.8. The van der Waals surface area contributed by atoms with Crippen molar-refractivity contribution in [3.8, 4) is 22.6 Å². The summed E-state index contributed by atoms with van der Waals surface area (Å²) in [7, 11) is 0. The number of aromatic amines is 1. The molecule has 4 heterocycles. The van der Waals surface area contributed by atoms with Crippen LogP contribution in [0.3, 0.4) is 0 Å². The number of aryl methyl sites for hydroxylation is 1. The van der Waals surface area contributed by atoms with E-state index in [-0.39, 0.29) is 5.97 Å². The van der Waals surface area contributed by atoms with Crippen LogP contribution in [0.25, 0.3) is 33.5 Å². The van der Waals surface area contributed by atoms with Gasteiger partial charge in [-0.15, -0.1) is 0 Å². The first-order chi connectivity index (χ1) is 16.1. The summed E-state index contributed by atoms with van der Waals surface area (Å²) in [5.41, 5.74) is 5.68. The lowest BCUT2D eigenvalue weighted by molar-refractivity contribution is 0.0527. The van der Waals surface area contributed by atoms with Gasteiger partial charge in [-0.25, -0.2) is 14.8 Å². The quantitative estimate of drug-likeness (QED) is 0.456. The Hall–Kier alpha value is -3.78. The molecule has 0 saturated carbocycles. The summed E-state index contributed by atoms with van der Waals surface area (Å²) >= 11 is 0. The van der Waals surface area contributed by atoms with Crippen molar-refractivity contribution in [1.29, 1.82) is 0 Å². The van der Waals surface area contributed by atoms with Crippen molar-refractivity contribution in [1.82, 2.24) is 25.3 Å². The van der Waals surface area contributed by atoms with Gasteiger partial charge in [0, 0.05) is 42.8 Å². The zero-order chi connectivity index (χ0) is 22.8. The summed E-state index contributed by atoms with van der Waals surface area (Å²) in [4.78, 5) is 32.2. The summed E-state index contributed by atoms with van der Waals surface area (Å²) < 4.78 is 5.35. The number of H-pyrrole nitrogens is 1. The van der Waals surface area contributed by atoms with E-state index in [0.29, 0.717) is 18.0 Å². The number of imidazole rings is 1. The smallest absolute Gasteiger partial charge is 0.341 e. The fraction of sp³-hybridized carbons (Fsp3) is 0.280. The number of nitrogens with zero attached hydrogens (tertiary/aromatic N) is 4. The Morgan fingerprint density at radius 3 is 2.76 bits per heavy atom. The molecule has 1 aliphatic heterocycles. The number of carbonyl (C=O) groups excluding carboxylic acids is 1. The van der Waals surface area contributed by atoms with Crippen molar-refractivity contribution in [2.24, 2.45) is 0 Å². The molecule has 8 heteroatoms. The average molecular weight is 443 g/mol. The summed E-state index contributed by atoms with van der Waals surface area (Å²) in [5, 5.41) is 4.20. The molecule has 5 rings (SSSR count). The fourth-order valence-corrected chi connectivity index (χ4v) is 4.18. The second-order valence-corrected chi connectivity index (χ2v) is 8.01. The number of esters is 1. The molecule has 3 aromatic heterocycles. The number of rotatable bonds is 5. The van der Waals surface area contributed by atoms with Crippen LogP contribution in [0.1, 0.15) is 23.0 Å². The number of aromatic nitrogens is 4. The molecule has 0 radical (unpaired) electrons. The second kappa shape index (κ2) is 8.99. The van der Waals surface area contributed by atoms with Gasteiger partial charge in [0.1, 0.15) is 11.4 Å². The summed E-state index contributed by atoms with van der Waals surface area (Å²) in [5.74, 6) is 0.329. The molecule has 0 atom stereocenters. The van der Waals surface area contributed by atoms with Gasteiger partial charge < -0.3 is 19.9 Å². The van der Waals surface area contributed by atoms with E-state index in [4.69, 9.17) is 9.72 Å². The van der Waals surface area contributed by atoms with Crippen LogP contribution < -0.4 is 10.2 Å². The Balaban J connectivity index is 1.60. The summed E-state index contributed by atoms with van der Waals surface area (Å²) in [6.45, 7) is 7.40. The van der Waals surface area contributed by atoms with Crippen LogP contribution in [0, 0.1) is 6.92 Å². The van der Waals surface area contributed by atoms with Crippen molar-refractivity contribution in [2.45, 2.75) is 13.8 Å². The Morgan fingerprint density at radius 1 is 1.12 bits per heavy atom. The standard InChI is InChI=1S/C25H26N6O2/c1-3-33-25(32)19-14-18-13-17(7-8-20(18)30-24(19)31-11-9-26-10-12-31)22-23(28-15-27-22)21-6-4-5-16(2)29-21/h4-8,13-15,26H,3,9-12H2,1-2H3,(H,27,28). The van der Waals surface area contributed by atoms with Gasteiger partial charge in [0.2, 0.25) is 0 Å². The largest absolute Gasteiger partial charge is 0.462 e. The minimum atomic E-state index is -0.352. The lowest BCUT2D eigenvalue weighted by Crippen LogP contribution is -2.44. The van der Waals surface area contributed by atoms with Crippen molar-refractivity contribution >= 4 is 22.7 Å². The van der Waals surface area contributed by atoms with Crippen LogP contribution in [0.2, 0.25) is 0 Å². The first kappa shape index (κ1) is 21.1. The van der Waals surface area contributed by atoms with Gasteiger partial charge in [-0.3, -0.25) is 4.98 Å². The van der Waals surface area contributed by atoms with E-state index in [9.17, 15) is 4.79 Å². The number of anilines is 1. The van der Waals surface area contributed by atoms with E-state index in [1.54, 1.807) is 6.33 Å². The number of hydrogen-bond acceptors (Lipinski definition) is 7. The highest BCUT2D eigenvalue weighted by atomic mass is 16.5. The molecule has 0 amide bonds. The number of nitrogens with one attached hydrogen (secondary N) is 2. The first-order valence-electron chi connectivity index (χ1n) is 11.2. The van der Waals surface area contributed by atoms with Crippen LogP contribution in [0.4, 0.5) is 5.82 Å². The van der Waals surface area contributed by atoms with Crippen LogP contribution in [-0.2, 0) is 4.74 Å². The number of hydrogen-bond donors (Lipinski definition) is 2. The Morgan fingerprint density at radius 2 is 1.97 bits per heavy atom. The number of pyridine rings is 2. The molecule has 8 nitrogen and oxygen atoms in total. The Bertz CT molecular complexity index is 1310. The molecule has 0 bridgehead atoms. The first-order valence-corrected chi connectivity index (χ1v) is 11.2. The molecule has 1 fully saturated rings. The van der Waals surface area contributed by atoms with E-state index < -0.39 is 0 Å². The van der Waals surface area contributed by atoms with Gasteiger partial charge in [-0.1, -0.05) is 12.1 Å². The van der Waals surface area contributed by atoms with Gasteiger partial charge in [-0.05, 0) is 44.2 Å². The second-order valence-electron chi connectivity index (χ2n) is 8.01.